The molecule has 3 rings (SSSR count). The third-order valence-corrected chi connectivity index (χ3v) is 5.01. The lowest BCUT2D eigenvalue weighted by molar-refractivity contribution is -0.129. The molecule has 26 heavy (non-hydrogen) atoms. The second kappa shape index (κ2) is 7.92. The Morgan fingerprint density at radius 2 is 1.77 bits per heavy atom. The zero-order valence-corrected chi connectivity index (χ0v) is 15.3. The van der Waals surface area contributed by atoms with E-state index in [2.05, 4.69) is 48.3 Å². The number of nitrogens with one attached hydrogen (secondary N) is 1. The molecule has 0 spiro atoms. The van der Waals surface area contributed by atoms with Gasteiger partial charge in [-0.3, -0.25) is 4.79 Å². The van der Waals surface area contributed by atoms with Crippen molar-refractivity contribution in [1.82, 2.24) is 4.90 Å². The van der Waals surface area contributed by atoms with Crippen LogP contribution in [-0.2, 0) is 4.79 Å². The predicted octanol–water partition coefficient (Wildman–Crippen LogP) is 2.94. The van der Waals surface area contributed by atoms with Gasteiger partial charge >= 0.3 is 0 Å². The molecule has 1 heterocycles. The molecule has 0 unspecified atom stereocenters. The Balaban J connectivity index is 1.51. The Kier molecular flexibility index (Phi) is 5.43. The minimum atomic E-state index is 0.106. The van der Waals surface area contributed by atoms with Gasteiger partial charge in [-0.15, -0.1) is 0 Å². The highest BCUT2D eigenvalue weighted by Gasteiger charge is 2.22. The molecule has 1 fully saturated rings. The van der Waals surface area contributed by atoms with E-state index in [-0.39, 0.29) is 12.5 Å². The van der Waals surface area contributed by atoms with Gasteiger partial charge in [0.05, 0.1) is 18.2 Å². The van der Waals surface area contributed by atoms with Gasteiger partial charge in [0.2, 0.25) is 5.91 Å². The van der Waals surface area contributed by atoms with E-state index in [1.807, 2.05) is 17.0 Å². The molecule has 134 valence electrons. The lowest BCUT2D eigenvalue weighted by atomic mass is 10.1. The molecule has 1 aliphatic rings. The summed E-state index contributed by atoms with van der Waals surface area (Å²) >= 11 is 0. The first-order valence-corrected chi connectivity index (χ1v) is 8.91. The molecule has 0 saturated carbocycles. The lowest BCUT2D eigenvalue weighted by Crippen LogP contribution is -2.50. The van der Waals surface area contributed by atoms with E-state index < -0.39 is 0 Å². The molecule has 1 N–H and O–H groups in total. The van der Waals surface area contributed by atoms with Crippen LogP contribution in [0.15, 0.2) is 42.5 Å². The first kappa shape index (κ1) is 17.8. The van der Waals surface area contributed by atoms with Gasteiger partial charge in [-0.1, -0.05) is 12.1 Å². The summed E-state index contributed by atoms with van der Waals surface area (Å²) in [5.41, 5.74) is 5.35. The average molecular weight is 348 g/mol. The van der Waals surface area contributed by atoms with E-state index in [4.69, 9.17) is 5.26 Å². The van der Waals surface area contributed by atoms with Gasteiger partial charge in [-0.2, -0.15) is 5.26 Å². The van der Waals surface area contributed by atoms with Crippen molar-refractivity contribution in [3.8, 4) is 6.07 Å². The quantitative estimate of drug-likeness (QED) is 0.923. The highest BCUT2D eigenvalue weighted by molar-refractivity contribution is 5.81. The topological polar surface area (TPSA) is 59.4 Å². The maximum absolute atomic E-state index is 12.5. The molecule has 1 amide bonds. The summed E-state index contributed by atoms with van der Waals surface area (Å²) in [6.45, 7) is 7.74. The van der Waals surface area contributed by atoms with Crippen molar-refractivity contribution in [1.29, 1.82) is 5.26 Å². The maximum atomic E-state index is 12.5. The largest absolute Gasteiger partial charge is 0.376 e. The van der Waals surface area contributed by atoms with Crippen LogP contribution in [0.4, 0.5) is 11.4 Å². The Morgan fingerprint density at radius 3 is 2.42 bits per heavy atom. The van der Waals surface area contributed by atoms with Crippen molar-refractivity contribution < 1.29 is 4.79 Å². The number of rotatable bonds is 4. The average Bonchev–Trinajstić information content (AvgIpc) is 2.69. The summed E-state index contributed by atoms with van der Waals surface area (Å²) in [5, 5.41) is 12.0. The Labute approximate surface area is 154 Å². The molecule has 1 saturated heterocycles. The highest BCUT2D eigenvalue weighted by Crippen LogP contribution is 2.23. The molecular formula is C21H24N4O. The van der Waals surface area contributed by atoms with Crippen molar-refractivity contribution in [3.63, 3.8) is 0 Å². The third-order valence-electron chi connectivity index (χ3n) is 5.01. The van der Waals surface area contributed by atoms with Crippen molar-refractivity contribution >= 4 is 17.3 Å². The molecule has 0 aliphatic carbocycles. The van der Waals surface area contributed by atoms with Gasteiger partial charge in [-0.25, -0.2) is 0 Å². The molecule has 5 nitrogen and oxygen atoms in total. The smallest absolute Gasteiger partial charge is 0.241 e. The molecule has 5 heteroatoms. The summed E-state index contributed by atoms with van der Waals surface area (Å²) in [5.74, 6) is 0.106. The van der Waals surface area contributed by atoms with Gasteiger partial charge in [0.1, 0.15) is 0 Å². The van der Waals surface area contributed by atoms with Crippen LogP contribution >= 0.6 is 0 Å². The predicted molar refractivity (Wildman–Crippen MR) is 104 cm³/mol. The molecule has 0 atom stereocenters. The molecule has 2 aromatic rings. The number of hydrogen-bond acceptors (Lipinski definition) is 4. The van der Waals surface area contributed by atoms with Gasteiger partial charge in [0.15, 0.2) is 0 Å². The first-order valence-electron chi connectivity index (χ1n) is 8.91. The summed E-state index contributed by atoms with van der Waals surface area (Å²) in [7, 11) is 0. The zero-order valence-electron chi connectivity index (χ0n) is 15.3. The van der Waals surface area contributed by atoms with Gasteiger partial charge in [0, 0.05) is 37.6 Å². The lowest BCUT2D eigenvalue weighted by Gasteiger charge is -2.37. The fourth-order valence-electron chi connectivity index (χ4n) is 3.23. The van der Waals surface area contributed by atoms with Crippen LogP contribution < -0.4 is 10.2 Å². The summed E-state index contributed by atoms with van der Waals surface area (Å²) in [6, 6.07) is 15.6. The number of amides is 1. The Morgan fingerprint density at radius 1 is 1.08 bits per heavy atom. The van der Waals surface area contributed by atoms with Crippen molar-refractivity contribution in [2.75, 3.05) is 42.9 Å². The monoisotopic (exact) mass is 348 g/mol. The van der Waals surface area contributed by atoms with E-state index in [9.17, 15) is 4.79 Å². The summed E-state index contributed by atoms with van der Waals surface area (Å²) < 4.78 is 0. The third kappa shape index (κ3) is 3.97. The van der Waals surface area contributed by atoms with Crippen LogP contribution in [0.25, 0.3) is 0 Å². The van der Waals surface area contributed by atoms with E-state index >= 15 is 0 Å². The second-order valence-corrected chi connectivity index (χ2v) is 6.63. The SMILES string of the molecule is Cc1cccc(N2CCN(C(=O)CNc3ccc(C#N)cc3)CC2)c1C. The normalized spacial score (nSPS) is 14.0. The van der Waals surface area contributed by atoms with Gasteiger partial charge < -0.3 is 15.1 Å². The van der Waals surface area contributed by atoms with Crippen molar-refractivity contribution in [2.45, 2.75) is 13.8 Å². The number of aryl methyl sites for hydroxylation is 1. The number of carbonyl (C=O) groups is 1. The number of benzene rings is 2. The fourth-order valence-corrected chi connectivity index (χ4v) is 3.23. The minimum Gasteiger partial charge on any atom is -0.376 e. The summed E-state index contributed by atoms with van der Waals surface area (Å²) in [6.07, 6.45) is 0. The van der Waals surface area contributed by atoms with Crippen molar-refractivity contribution in [2.24, 2.45) is 0 Å². The first-order chi connectivity index (χ1) is 12.6. The Bertz CT molecular complexity index is 815. The summed E-state index contributed by atoms with van der Waals surface area (Å²) in [4.78, 5) is 16.7. The van der Waals surface area contributed by atoms with Crippen LogP contribution in [0.1, 0.15) is 16.7 Å². The van der Waals surface area contributed by atoms with Crippen LogP contribution in [0.5, 0.6) is 0 Å². The zero-order chi connectivity index (χ0) is 18.5. The number of nitrogens with zero attached hydrogens (tertiary/aromatic N) is 3. The van der Waals surface area contributed by atoms with Gasteiger partial charge in [0.25, 0.3) is 0 Å². The fraction of sp³-hybridized carbons (Fsp3) is 0.333. The van der Waals surface area contributed by atoms with Crippen LogP contribution in [0.3, 0.4) is 0 Å². The molecule has 0 aromatic heterocycles. The van der Waals surface area contributed by atoms with E-state index in [0.717, 1.165) is 31.9 Å². The molecular weight excluding hydrogens is 324 g/mol. The number of hydrogen-bond donors (Lipinski definition) is 1. The van der Waals surface area contributed by atoms with Crippen LogP contribution in [0, 0.1) is 25.2 Å². The van der Waals surface area contributed by atoms with Gasteiger partial charge in [-0.05, 0) is 55.3 Å². The minimum absolute atomic E-state index is 0.106. The maximum Gasteiger partial charge on any atom is 0.241 e. The van der Waals surface area contributed by atoms with Crippen LogP contribution in [-0.4, -0.2) is 43.5 Å². The molecule has 0 radical (unpaired) electrons. The standard InChI is InChI=1S/C21H24N4O/c1-16-4-3-5-20(17(16)2)24-10-12-25(13-11-24)21(26)15-23-19-8-6-18(14-22)7-9-19/h3-9,23H,10-13,15H2,1-2H3. The van der Waals surface area contributed by atoms with E-state index in [0.29, 0.717) is 5.56 Å². The van der Waals surface area contributed by atoms with Crippen LogP contribution in [0.2, 0.25) is 0 Å². The van der Waals surface area contributed by atoms with Crippen molar-refractivity contribution in [3.05, 3.63) is 59.2 Å². The number of anilines is 2. The van der Waals surface area contributed by atoms with E-state index in [1.54, 1.807) is 12.1 Å². The molecule has 1 aliphatic heterocycles. The number of carbonyl (C=O) groups excluding carboxylic acids is 1. The highest BCUT2D eigenvalue weighted by atomic mass is 16.2. The molecule has 2 aromatic carbocycles. The van der Waals surface area contributed by atoms with E-state index in [1.165, 1.54) is 16.8 Å². The second-order valence-electron chi connectivity index (χ2n) is 6.63. The number of piperazine rings is 1. The molecule has 0 bridgehead atoms. The Hall–Kier alpha value is -3.00. The number of nitriles is 1.